The summed E-state index contributed by atoms with van der Waals surface area (Å²) in [6, 6.07) is 19.4. The number of hydrogen-bond donors (Lipinski definition) is 1. The Bertz CT molecular complexity index is 1600. The summed E-state index contributed by atoms with van der Waals surface area (Å²) < 4.78 is 13.5. The van der Waals surface area contributed by atoms with Gasteiger partial charge < -0.3 is 19.4 Å². The molecule has 5 rings (SSSR count). The Morgan fingerprint density at radius 3 is 2.54 bits per heavy atom. The van der Waals surface area contributed by atoms with Crippen LogP contribution in [0, 0.1) is 24.2 Å². The summed E-state index contributed by atoms with van der Waals surface area (Å²) in [6.45, 7) is 9.58. The van der Waals surface area contributed by atoms with E-state index < -0.39 is 5.60 Å². The van der Waals surface area contributed by atoms with Crippen molar-refractivity contribution in [2.45, 2.75) is 52.7 Å². The number of fused-ring (bicyclic) bond motifs is 1. The predicted molar refractivity (Wildman–Crippen MR) is 155 cm³/mol. The molecule has 0 bridgehead atoms. The minimum atomic E-state index is -0.517. The molecule has 1 N–H and O–H groups in total. The summed E-state index contributed by atoms with van der Waals surface area (Å²) >= 11 is 0. The molecule has 1 saturated heterocycles. The molecule has 41 heavy (non-hydrogen) atoms. The van der Waals surface area contributed by atoms with Gasteiger partial charge in [0.1, 0.15) is 22.6 Å². The molecule has 0 unspecified atom stereocenters. The van der Waals surface area contributed by atoms with Gasteiger partial charge in [-0.2, -0.15) is 10.4 Å². The van der Waals surface area contributed by atoms with Crippen molar-refractivity contribution < 1.29 is 18.7 Å². The Morgan fingerprint density at radius 1 is 1.12 bits per heavy atom. The second-order valence-corrected chi connectivity index (χ2v) is 11.6. The summed E-state index contributed by atoms with van der Waals surface area (Å²) in [5.41, 5.74) is 3.65. The van der Waals surface area contributed by atoms with Gasteiger partial charge >= 0.3 is 6.09 Å². The topological polar surface area (TPSA) is 113 Å². The Morgan fingerprint density at radius 2 is 1.85 bits per heavy atom. The predicted octanol–water partition coefficient (Wildman–Crippen LogP) is 5.90. The van der Waals surface area contributed by atoms with Crippen LogP contribution in [0.3, 0.4) is 0 Å². The Hall–Kier alpha value is -4.58. The zero-order chi connectivity index (χ0) is 29.1. The number of nitrogens with zero attached hydrogens (tertiary/aromatic N) is 4. The molecule has 0 spiro atoms. The Kier molecular flexibility index (Phi) is 7.84. The fourth-order valence-electron chi connectivity index (χ4n) is 5.07. The van der Waals surface area contributed by atoms with Crippen LogP contribution in [0.5, 0.6) is 0 Å². The Balaban J connectivity index is 1.24. The molecule has 9 heteroatoms. The Labute approximate surface area is 239 Å². The zero-order valence-electron chi connectivity index (χ0n) is 23.9. The first-order chi connectivity index (χ1) is 19.6. The summed E-state index contributed by atoms with van der Waals surface area (Å²) in [4.78, 5) is 27.0. The number of amides is 2. The van der Waals surface area contributed by atoms with Crippen molar-refractivity contribution in [1.29, 1.82) is 5.26 Å². The van der Waals surface area contributed by atoms with E-state index in [1.165, 1.54) is 0 Å². The number of hydrogen-bond acceptors (Lipinski definition) is 6. The lowest BCUT2D eigenvalue weighted by atomic mass is 9.97. The molecule has 2 aromatic heterocycles. The number of piperidine rings is 1. The SMILES string of the molecule is Cc1cc(C(=O)NCC2CCN(C(=O)OC(C)(C)C)CC2)nn1Cc1cc(C#N)cc2cc(-c3ccccc3)oc12. The minimum absolute atomic E-state index is 0.235. The third-order valence-electron chi connectivity index (χ3n) is 7.23. The maximum atomic E-state index is 13.0. The molecular weight excluding hydrogens is 518 g/mol. The van der Waals surface area contributed by atoms with Gasteiger partial charge in [0.25, 0.3) is 5.91 Å². The van der Waals surface area contributed by atoms with E-state index in [0.717, 1.165) is 40.8 Å². The van der Waals surface area contributed by atoms with E-state index in [-0.39, 0.29) is 17.9 Å². The summed E-state index contributed by atoms with van der Waals surface area (Å²) in [6.07, 6.45) is 1.31. The van der Waals surface area contributed by atoms with Crippen LogP contribution in [-0.4, -0.2) is 51.9 Å². The molecule has 9 nitrogen and oxygen atoms in total. The van der Waals surface area contributed by atoms with Gasteiger partial charge in [-0.3, -0.25) is 9.48 Å². The number of aromatic nitrogens is 2. The highest BCUT2D eigenvalue weighted by Crippen LogP contribution is 2.31. The number of benzene rings is 2. The number of carbonyl (C=O) groups excluding carboxylic acids is 2. The lowest BCUT2D eigenvalue weighted by molar-refractivity contribution is 0.0183. The van der Waals surface area contributed by atoms with E-state index in [1.807, 2.05) is 76.2 Å². The molecule has 3 heterocycles. The summed E-state index contributed by atoms with van der Waals surface area (Å²) in [5.74, 6) is 0.772. The van der Waals surface area contributed by atoms with E-state index >= 15 is 0 Å². The van der Waals surface area contributed by atoms with Gasteiger partial charge in [-0.15, -0.1) is 0 Å². The molecule has 0 atom stereocenters. The molecule has 4 aromatic rings. The van der Waals surface area contributed by atoms with Crippen LogP contribution >= 0.6 is 0 Å². The summed E-state index contributed by atoms with van der Waals surface area (Å²) in [5, 5.41) is 18.0. The molecule has 1 aliphatic heterocycles. The largest absolute Gasteiger partial charge is 0.456 e. The molecule has 0 saturated carbocycles. The van der Waals surface area contributed by atoms with Crippen molar-refractivity contribution in [2.24, 2.45) is 5.92 Å². The molecule has 2 aromatic carbocycles. The number of rotatable bonds is 6. The van der Waals surface area contributed by atoms with Crippen LogP contribution in [0.2, 0.25) is 0 Å². The van der Waals surface area contributed by atoms with Crippen molar-refractivity contribution >= 4 is 23.0 Å². The van der Waals surface area contributed by atoms with E-state index in [0.29, 0.717) is 43.0 Å². The van der Waals surface area contributed by atoms with Crippen LogP contribution in [0.15, 0.2) is 59.0 Å². The number of nitriles is 1. The van der Waals surface area contributed by atoms with E-state index in [2.05, 4.69) is 16.5 Å². The molecule has 0 radical (unpaired) electrons. The lowest BCUT2D eigenvalue weighted by Crippen LogP contribution is -2.43. The third kappa shape index (κ3) is 6.60. The zero-order valence-corrected chi connectivity index (χ0v) is 23.9. The fourth-order valence-corrected chi connectivity index (χ4v) is 5.07. The number of ether oxygens (including phenoxy) is 1. The fraction of sp³-hybridized carbons (Fsp3) is 0.375. The smallest absolute Gasteiger partial charge is 0.410 e. The molecule has 1 fully saturated rings. The molecular formula is C32H35N5O4. The second-order valence-electron chi connectivity index (χ2n) is 11.6. The first-order valence-corrected chi connectivity index (χ1v) is 13.9. The van der Waals surface area contributed by atoms with E-state index in [1.54, 1.807) is 15.6 Å². The van der Waals surface area contributed by atoms with Gasteiger partial charge in [0.15, 0.2) is 0 Å². The first kappa shape index (κ1) is 28.0. The van der Waals surface area contributed by atoms with Gasteiger partial charge in [0.05, 0.1) is 18.2 Å². The van der Waals surface area contributed by atoms with E-state index in [4.69, 9.17) is 9.15 Å². The average Bonchev–Trinajstić information content (AvgIpc) is 3.55. The lowest BCUT2D eigenvalue weighted by Gasteiger charge is -2.33. The van der Waals surface area contributed by atoms with Crippen molar-refractivity contribution in [1.82, 2.24) is 20.0 Å². The normalized spacial score (nSPS) is 14.2. The van der Waals surface area contributed by atoms with Crippen LogP contribution in [0.25, 0.3) is 22.3 Å². The van der Waals surface area contributed by atoms with Crippen molar-refractivity contribution in [3.05, 3.63) is 77.1 Å². The van der Waals surface area contributed by atoms with Crippen LogP contribution in [0.1, 0.15) is 60.9 Å². The third-order valence-corrected chi connectivity index (χ3v) is 7.23. The van der Waals surface area contributed by atoms with Gasteiger partial charge in [-0.25, -0.2) is 4.79 Å². The second kappa shape index (κ2) is 11.5. The average molecular weight is 554 g/mol. The highest BCUT2D eigenvalue weighted by Gasteiger charge is 2.27. The maximum absolute atomic E-state index is 13.0. The molecule has 2 amide bonds. The van der Waals surface area contributed by atoms with E-state index in [9.17, 15) is 14.9 Å². The molecule has 1 aliphatic rings. The van der Waals surface area contributed by atoms with Crippen molar-refractivity contribution in [3.8, 4) is 17.4 Å². The summed E-state index contributed by atoms with van der Waals surface area (Å²) in [7, 11) is 0. The first-order valence-electron chi connectivity index (χ1n) is 13.9. The van der Waals surface area contributed by atoms with Crippen LogP contribution in [0.4, 0.5) is 4.79 Å². The van der Waals surface area contributed by atoms with Gasteiger partial charge in [-0.05, 0) is 70.7 Å². The molecule has 212 valence electrons. The number of likely N-dealkylation sites (tertiary alicyclic amines) is 1. The van der Waals surface area contributed by atoms with Gasteiger partial charge in [0, 0.05) is 41.8 Å². The molecule has 0 aliphatic carbocycles. The highest BCUT2D eigenvalue weighted by molar-refractivity contribution is 5.92. The van der Waals surface area contributed by atoms with Crippen LogP contribution in [-0.2, 0) is 11.3 Å². The maximum Gasteiger partial charge on any atom is 0.410 e. The van der Waals surface area contributed by atoms with Crippen molar-refractivity contribution in [3.63, 3.8) is 0 Å². The standard InChI is InChI=1S/C32H35N5O4/c1-21-14-27(30(38)34-19-22-10-12-36(13-11-22)31(39)41-32(2,3)4)35-37(21)20-26-16-23(18-33)15-25-17-28(40-29(25)26)24-8-6-5-7-9-24/h5-9,14-17,22H,10-13,19-20H2,1-4H3,(H,34,38). The number of carbonyl (C=O) groups is 2. The highest BCUT2D eigenvalue weighted by atomic mass is 16.6. The van der Waals surface area contributed by atoms with Crippen molar-refractivity contribution in [2.75, 3.05) is 19.6 Å². The van der Waals surface area contributed by atoms with Crippen LogP contribution < -0.4 is 5.32 Å². The van der Waals surface area contributed by atoms with Gasteiger partial charge in [-0.1, -0.05) is 30.3 Å². The number of nitrogens with one attached hydrogen (secondary N) is 1. The number of furan rings is 1. The van der Waals surface area contributed by atoms with Gasteiger partial charge in [0.2, 0.25) is 0 Å². The monoisotopic (exact) mass is 553 g/mol. The quantitative estimate of drug-likeness (QED) is 0.318. The number of aryl methyl sites for hydroxylation is 1. The minimum Gasteiger partial charge on any atom is -0.456 e.